The van der Waals surface area contributed by atoms with Crippen LogP contribution in [0, 0.1) is 11.8 Å². The zero-order valence-electron chi connectivity index (χ0n) is 19.7. The molecule has 0 spiro atoms. The molecule has 4 atom stereocenters. The maximum atomic E-state index is 14.1. The lowest BCUT2D eigenvalue weighted by Crippen LogP contribution is -2.48. The summed E-state index contributed by atoms with van der Waals surface area (Å²) in [5.74, 6) is -2.76. The van der Waals surface area contributed by atoms with E-state index in [1.54, 1.807) is 48.5 Å². The largest absolute Gasteiger partial charge is 0.427 e. The minimum Gasteiger partial charge on any atom is -0.427 e. The highest BCUT2D eigenvalue weighted by molar-refractivity contribution is 6.31. The second-order valence-corrected chi connectivity index (χ2v) is 9.72. The third-order valence-electron chi connectivity index (χ3n) is 7.17. The molecule has 3 aliphatic heterocycles. The summed E-state index contributed by atoms with van der Waals surface area (Å²) in [5.41, 5.74) is 2.50. The van der Waals surface area contributed by atoms with Crippen molar-refractivity contribution in [3.05, 3.63) is 95.0 Å². The summed E-state index contributed by atoms with van der Waals surface area (Å²) in [7, 11) is 0. The standard InChI is InChI=1S/C29H21ClN2O5/c1-16(33)37-21-13-6-18(7-14-21)27(34)26-25-24(23-15-8-17-4-2-3-5-22(17)32(23)26)28(35)31(29(25)36)20-11-9-19(30)10-12-20/h2-15,23-26H,1H3/t23-,24-,25-,26+/m1/s1. The molecule has 0 radical (unpaired) electrons. The molecule has 3 aromatic carbocycles. The van der Waals surface area contributed by atoms with Gasteiger partial charge in [-0.1, -0.05) is 42.0 Å². The third-order valence-corrected chi connectivity index (χ3v) is 7.42. The Morgan fingerprint density at radius 2 is 1.54 bits per heavy atom. The van der Waals surface area contributed by atoms with Gasteiger partial charge >= 0.3 is 5.97 Å². The van der Waals surface area contributed by atoms with E-state index in [1.807, 2.05) is 41.3 Å². The summed E-state index contributed by atoms with van der Waals surface area (Å²) in [5, 5.41) is 0.492. The third kappa shape index (κ3) is 3.65. The summed E-state index contributed by atoms with van der Waals surface area (Å²) in [6.45, 7) is 1.30. The molecule has 0 aliphatic carbocycles. The fourth-order valence-corrected chi connectivity index (χ4v) is 5.81. The molecule has 0 aromatic heterocycles. The smallest absolute Gasteiger partial charge is 0.308 e. The van der Waals surface area contributed by atoms with Crippen LogP contribution in [0.25, 0.3) is 6.08 Å². The Kier molecular flexibility index (Phi) is 5.46. The molecule has 0 bridgehead atoms. The van der Waals surface area contributed by atoms with Crippen molar-refractivity contribution in [1.82, 2.24) is 0 Å². The average molecular weight is 513 g/mol. The first-order chi connectivity index (χ1) is 17.8. The number of ketones is 1. The monoisotopic (exact) mass is 512 g/mol. The van der Waals surface area contributed by atoms with E-state index in [2.05, 4.69) is 0 Å². The highest BCUT2D eigenvalue weighted by Crippen LogP contribution is 2.49. The van der Waals surface area contributed by atoms with Crippen molar-refractivity contribution in [3.63, 3.8) is 0 Å². The molecule has 7 nitrogen and oxygen atoms in total. The quantitative estimate of drug-likeness (QED) is 0.221. The van der Waals surface area contributed by atoms with Crippen molar-refractivity contribution < 1.29 is 23.9 Å². The van der Waals surface area contributed by atoms with Crippen LogP contribution in [-0.2, 0) is 14.4 Å². The average Bonchev–Trinajstić information content (AvgIpc) is 3.37. The van der Waals surface area contributed by atoms with Gasteiger partial charge in [-0.2, -0.15) is 0 Å². The predicted molar refractivity (Wildman–Crippen MR) is 139 cm³/mol. The number of halogens is 1. The van der Waals surface area contributed by atoms with Crippen molar-refractivity contribution >= 4 is 52.6 Å². The lowest BCUT2D eigenvalue weighted by Gasteiger charge is -2.36. The molecule has 37 heavy (non-hydrogen) atoms. The summed E-state index contributed by atoms with van der Waals surface area (Å²) in [4.78, 5) is 56.1. The number of anilines is 2. The van der Waals surface area contributed by atoms with Gasteiger partial charge in [0.15, 0.2) is 5.78 Å². The number of nitrogens with zero attached hydrogens (tertiary/aromatic N) is 2. The van der Waals surface area contributed by atoms with Gasteiger partial charge in [-0.3, -0.25) is 19.2 Å². The van der Waals surface area contributed by atoms with Crippen LogP contribution >= 0.6 is 11.6 Å². The van der Waals surface area contributed by atoms with E-state index < -0.39 is 35.8 Å². The molecule has 3 aliphatic rings. The molecule has 184 valence electrons. The first-order valence-electron chi connectivity index (χ1n) is 11.9. The molecular weight excluding hydrogens is 492 g/mol. The highest BCUT2D eigenvalue weighted by atomic mass is 35.5. The zero-order valence-corrected chi connectivity index (χ0v) is 20.5. The Bertz CT molecular complexity index is 1480. The number of hydrogen-bond donors (Lipinski definition) is 0. The van der Waals surface area contributed by atoms with Crippen LogP contribution in [0.4, 0.5) is 11.4 Å². The van der Waals surface area contributed by atoms with Gasteiger partial charge < -0.3 is 9.64 Å². The van der Waals surface area contributed by atoms with Gasteiger partial charge in [0.2, 0.25) is 11.8 Å². The van der Waals surface area contributed by atoms with Gasteiger partial charge in [-0.05, 0) is 60.2 Å². The van der Waals surface area contributed by atoms with Gasteiger partial charge in [-0.15, -0.1) is 0 Å². The van der Waals surface area contributed by atoms with Crippen LogP contribution in [0.2, 0.25) is 5.02 Å². The fourth-order valence-electron chi connectivity index (χ4n) is 5.68. The summed E-state index contributed by atoms with van der Waals surface area (Å²) < 4.78 is 5.09. The van der Waals surface area contributed by atoms with E-state index in [0.29, 0.717) is 22.0 Å². The van der Waals surface area contributed by atoms with Crippen LogP contribution in [0.1, 0.15) is 22.8 Å². The SMILES string of the molecule is CC(=O)Oc1ccc(C(=O)[C@@H]2[C@@H]3C(=O)N(c4ccc(Cl)cc4)C(=O)[C@@H]3[C@H]3C=Cc4ccccc4N32)cc1. The molecule has 0 saturated carbocycles. The number of carbonyl (C=O) groups excluding carboxylic acids is 4. The second kappa shape index (κ2) is 8.71. The lowest BCUT2D eigenvalue weighted by molar-refractivity contribution is -0.132. The molecule has 6 rings (SSSR count). The lowest BCUT2D eigenvalue weighted by atomic mass is 9.86. The van der Waals surface area contributed by atoms with Crippen molar-refractivity contribution in [2.45, 2.75) is 19.0 Å². The second-order valence-electron chi connectivity index (χ2n) is 9.28. The minimum absolute atomic E-state index is 0.281. The number of ether oxygens (including phenoxy) is 1. The normalized spacial score (nSPS) is 23.5. The van der Waals surface area contributed by atoms with Crippen LogP contribution in [0.15, 0.2) is 78.9 Å². The van der Waals surface area contributed by atoms with Crippen molar-refractivity contribution in [2.24, 2.45) is 11.8 Å². The van der Waals surface area contributed by atoms with Crippen molar-refractivity contribution in [2.75, 3.05) is 9.80 Å². The topological polar surface area (TPSA) is 84.0 Å². The van der Waals surface area contributed by atoms with E-state index in [1.165, 1.54) is 11.8 Å². The Labute approximate surface area is 217 Å². The van der Waals surface area contributed by atoms with E-state index in [4.69, 9.17) is 16.3 Å². The number of Topliss-reactive ketones (excluding diaryl/α,β-unsaturated/α-hetero) is 1. The summed E-state index contributed by atoms with van der Waals surface area (Å²) >= 11 is 6.02. The number of benzene rings is 3. The zero-order chi connectivity index (χ0) is 25.8. The highest BCUT2D eigenvalue weighted by Gasteiger charge is 2.64. The number of fused-ring (bicyclic) bond motifs is 5. The van der Waals surface area contributed by atoms with E-state index in [9.17, 15) is 19.2 Å². The van der Waals surface area contributed by atoms with E-state index in [0.717, 1.165) is 11.3 Å². The number of carbonyl (C=O) groups is 4. The summed E-state index contributed by atoms with van der Waals surface area (Å²) in [6.07, 6.45) is 3.85. The van der Waals surface area contributed by atoms with Gasteiger partial charge in [-0.25, -0.2) is 4.90 Å². The van der Waals surface area contributed by atoms with Crippen LogP contribution in [-0.4, -0.2) is 35.7 Å². The van der Waals surface area contributed by atoms with Crippen LogP contribution in [0.3, 0.4) is 0 Å². The molecule has 0 N–H and O–H groups in total. The van der Waals surface area contributed by atoms with Crippen molar-refractivity contribution in [3.8, 4) is 5.75 Å². The Hall–Kier alpha value is -4.23. The summed E-state index contributed by atoms with van der Waals surface area (Å²) in [6, 6.07) is 19.0. The van der Waals surface area contributed by atoms with Gasteiger partial charge in [0, 0.05) is 23.2 Å². The molecule has 0 unspecified atom stereocenters. The molecule has 3 aromatic rings. The molecule has 2 fully saturated rings. The van der Waals surface area contributed by atoms with E-state index in [-0.39, 0.29) is 11.7 Å². The first kappa shape index (κ1) is 23.2. The Morgan fingerprint density at radius 3 is 2.24 bits per heavy atom. The molecule has 2 amide bonds. The van der Waals surface area contributed by atoms with Crippen molar-refractivity contribution in [1.29, 1.82) is 0 Å². The first-order valence-corrected chi connectivity index (χ1v) is 12.2. The van der Waals surface area contributed by atoms with Gasteiger partial charge in [0.1, 0.15) is 11.8 Å². The van der Waals surface area contributed by atoms with Crippen LogP contribution < -0.4 is 14.5 Å². The number of para-hydroxylation sites is 1. The number of rotatable bonds is 4. The molecule has 3 heterocycles. The molecular formula is C29H21ClN2O5. The Balaban J connectivity index is 1.44. The number of esters is 1. The fraction of sp³-hybridized carbons (Fsp3) is 0.172. The Morgan fingerprint density at radius 1 is 0.865 bits per heavy atom. The maximum Gasteiger partial charge on any atom is 0.308 e. The predicted octanol–water partition coefficient (Wildman–Crippen LogP) is 4.54. The van der Waals surface area contributed by atoms with E-state index >= 15 is 0 Å². The van der Waals surface area contributed by atoms with Gasteiger partial charge in [0.05, 0.1) is 23.6 Å². The molecule has 2 saturated heterocycles. The van der Waals surface area contributed by atoms with Gasteiger partial charge in [0.25, 0.3) is 0 Å². The number of amides is 2. The van der Waals surface area contributed by atoms with Crippen LogP contribution in [0.5, 0.6) is 5.75 Å². The minimum atomic E-state index is -0.894. The molecule has 8 heteroatoms. The number of hydrogen-bond acceptors (Lipinski definition) is 6. The number of imide groups is 1. The maximum absolute atomic E-state index is 14.1.